The third kappa shape index (κ3) is 4.20. The van der Waals surface area contributed by atoms with E-state index < -0.39 is 0 Å². The Labute approximate surface area is 171 Å². The van der Waals surface area contributed by atoms with Crippen LogP contribution in [0.2, 0.25) is 0 Å². The summed E-state index contributed by atoms with van der Waals surface area (Å²) in [6.45, 7) is 6.69. The van der Waals surface area contributed by atoms with Gasteiger partial charge in [0, 0.05) is 30.6 Å². The van der Waals surface area contributed by atoms with Crippen LogP contribution in [-0.2, 0) is 0 Å². The normalized spacial score (nSPS) is 20.0. The van der Waals surface area contributed by atoms with E-state index in [4.69, 9.17) is 9.47 Å². The lowest BCUT2D eigenvalue weighted by Gasteiger charge is -2.45. The molecule has 1 atom stereocenters. The minimum Gasteiger partial charge on any atom is -0.481 e. The number of aromatic nitrogens is 2. The number of hydrogen-bond acceptors (Lipinski definition) is 7. The van der Waals surface area contributed by atoms with Crippen LogP contribution in [-0.4, -0.2) is 61.3 Å². The average Bonchev–Trinajstić information content (AvgIpc) is 2.73. The summed E-state index contributed by atoms with van der Waals surface area (Å²) < 4.78 is 10.6. The fourth-order valence-corrected chi connectivity index (χ4v) is 5.09. The third-order valence-corrected chi connectivity index (χ3v) is 6.48. The van der Waals surface area contributed by atoms with Crippen molar-refractivity contribution >= 4 is 17.4 Å². The molecule has 7 heteroatoms. The van der Waals surface area contributed by atoms with Gasteiger partial charge in [0.1, 0.15) is 0 Å². The van der Waals surface area contributed by atoms with E-state index in [2.05, 4.69) is 44.9 Å². The summed E-state index contributed by atoms with van der Waals surface area (Å²) in [6, 6.07) is 9.04. The van der Waals surface area contributed by atoms with Gasteiger partial charge in [-0.1, -0.05) is 12.5 Å². The number of hydrogen-bond donors (Lipinski definition) is 0. The average molecular weight is 401 g/mol. The first-order valence-electron chi connectivity index (χ1n) is 9.91. The van der Waals surface area contributed by atoms with Crippen LogP contribution >= 0.6 is 11.8 Å². The zero-order valence-electron chi connectivity index (χ0n) is 16.9. The molecule has 3 heterocycles. The highest BCUT2D eigenvalue weighted by Crippen LogP contribution is 2.37. The van der Waals surface area contributed by atoms with Crippen molar-refractivity contribution in [2.75, 3.05) is 45.3 Å². The van der Waals surface area contributed by atoms with E-state index >= 15 is 0 Å². The van der Waals surface area contributed by atoms with Crippen molar-refractivity contribution in [2.24, 2.45) is 0 Å². The Kier molecular flexibility index (Phi) is 5.92. The number of ether oxygens (including phenoxy) is 2. The topological polar surface area (TPSA) is 50.7 Å². The van der Waals surface area contributed by atoms with Gasteiger partial charge in [0.15, 0.2) is 5.16 Å². The number of methoxy groups -OCH3 is 2. The third-order valence-electron chi connectivity index (χ3n) is 5.57. The Morgan fingerprint density at radius 3 is 2.54 bits per heavy atom. The van der Waals surface area contributed by atoms with Crippen LogP contribution < -0.4 is 14.4 Å². The first-order valence-corrected chi connectivity index (χ1v) is 10.7. The first-order chi connectivity index (χ1) is 13.7. The summed E-state index contributed by atoms with van der Waals surface area (Å²) >= 11 is 1.57. The summed E-state index contributed by atoms with van der Waals surface area (Å²) in [5, 5.41) is 0.638. The molecule has 1 aromatic heterocycles. The number of piperidine rings is 1. The van der Waals surface area contributed by atoms with Gasteiger partial charge in [0.2, 0.25) is 11.8 Å². The van der Waals surface area contributed by atoms with E-state index in [1.165, 1.54) is 42.0 Å². The van der Waals surface area contributed by atoms with Crippen LogP contribution in [0.4, 0.5) is 5.69 Å². The number of fused-ring (bicyclic) bond motifs is 1. The summed E-state index contributed by atoms with van der Waals surface area (Å²) in [7, 11) is 3.22. The van der Waals surface area contributed by atoms with Crippen LogP contribution in [0.1, 0.15) is 24.8 Å². The molecule has 28 heavy (non-hydrogen) atoms. The lowest BCUT2D eigenvalue weighted by molar-refractivity contribution is 0.133. The van der Waals surface area contributed by atoms with Gasteiger partial charge in [0.05, 0.1) is 26.0 Å². The van der Waals surface area contributed by atoms with E-state index in [9.17, 15) is 0 Å². The molecule has 0 bridgehead atoms. The molecule has 1 unspecified atom stereocenters. The molecule has 0 amide bonds. The Morgan fingerprint density at radius 2 is 1.79 bits per heavy atom. The standard InChI is InChI=1S/C21H28N4O2S/c1-15-7-8-17(25-11-10-24-9-5-4-6-16(24)14-25)18(12-15)28-21-22-19(26-2)13-20(23-21)27-3/h7-8,12-13,16H,4-6,9-11,14H2,1-3H3. The number of rotatable bonds is 5. The molecule has 2 saturated heterocycles. The van der Waals surface area contributed by atoms with Gasteiger partial charge in [-0.3, -0.25) is 4.90 Å². The Bertz CT molecular complexity index is 810. The molecule has 4 rings (SSSR count). The van der Waals surface area contributed by atoms with Gasteiger partial charge in [-0.05, 0) is 55.8 Å². The van der Waals surface area contributed by atoms with Gasteiger partial charge in [-0.15, -0.1) is 0 Å². The monoisotopic (exact) mass is 400 g/mol. The second-order valence-corrected chi connectivity index (χ2v) is 8.45. The maximum Gasteiger partial charge on any atom is 0.220 e. The number of benzene rings is 1. The van der Waals surface area contributed by atoms with E-state index in [0.717, 1.165) is 19.6 Å². The highest BCUT2D eigenvalue weighted by atomic mass is 32.2. The number of anilines is 1. The zero-order chi connectivity index (χ0) is 19.5. The molecular formula is C21H28N4O2S. The van der Waals surface area contributed by atoms with Gasteiger partial charge in [-0.2, -0.15) is 9.97 Å². The van der Waals surface area contributed by atoms with Crippen LogP contribution in [0.15, 0.2) is 34.3 Å². The molecule has 6 nitrogen and oxygen atoms in total. The summed E-state index contributed by atoms with van der Waals surface area (Å²) in [6.07, 6.45) is 4.00. The molecule has 0 radical (unpaired) electrons. The fraction of sp³-hybridized carbons (Fsp3) is 0.524. The van der Waals surface area contributed by atoms with Crippen LogP contribution in [0, 0.1) is 6.92 Å². The molecule has 0 spiro atoms. The maximum atomic E-state index is 5.30. The molecule has 2 fully saturated rings. The van der Waals surface area contributed by atoms with Crippen molar-refractivity contribution in [3.05, 3.63) is 29.8 Å². The van der Waals surface area contributed by atoms with Crippen molar-refractivity contribution in [1.82, 2.24) is 14.9 Å². The maximum absolute atomic E-state index is 5.30. The van der Waals surface area contributed by atoms with Gasteiger partial charge in [-0.25, -0.2) is 0 Å². The molecule has 2 aromatic rings. The summed E-state index contributed by atoms with van der Waals surface area (Å²) in [5.74, 6) is 1.03. The molecule has 150 valence electrons. The van der Waals surface area contributed by atoms with E-state index in [1.807, 2.05) is 0 Å². The minimum absolute atomic E-state index is 0.513. The van der Waals surface area contributed by atoms with Crippen LogP contribution in [0.5, 0.6) is 11.8 Å². The van der Waals surface area contributed by atoms with Crippen molar-refractivity contribution in [2.45, 2.75) is 42.3 Å². The molecule has 2 aliphatic rings. The van der Waals surface area contributed by atoms with Crippen molar-refractivity contribution in [3.63, 3.8) is 0 Å². The van der Waals surface area contributed by atoms with Crippen molar-refractivity contribution < 1.29 is 9.47 Å². The van der Waals surface area contributed by atoms with E-state index in [0.29, 0.717) is 23.0 Å². The van der Waals surface area contributed by atoms with Gasteiger partial charge >= 0.3 is 0 Å². The lowest BCUT2D eigenvalue weighted by Crippen LogP contribution is -2.55. The molecule has 0 saturated carbocycles. The van der Waals surface area contributed by atoms with Crippen LogP contribution in [0.3, 0.4) is 0 Å². The largest absolute Gasteiger partial charge is 0.481 e. The lowest BCUT2D eigenvalue weighted by atomic mass is 9.99. The second kappa shape index (κ2) is 8.57. The van der Waals surface area contributed by atoms with E-state index in [1.54, 1.807) is 32.0 Å². The first kappa shape index (κ1) is 19.3. The summed E-state index contributed by atoms with van der Waals surface area (Å²) in [4.78, 5) is 15.4. The second-order valence-electron chi connectivity index (χ2n) is 7.44. The van der Waals surface area contributed by atoms with E-state index in [-0.39, 0.29) is 0 Å². The van der Waals surface area contributed by atoms with Gasteiger partial charge < -0.3 is 14.4 Å². The SMILES string of the molecule is COc1cc(OC)nc(Sc2cc(C)ccc2N2CCN3CCCCC3C2)n1. The molecule has 0 N–H and O–H groups in total. The summed E-state index contributed by atoms with van der Waals surface area (Å²) in [5.41, 5.74) is 2.50. The minimum atomic E-state index is 0.513. The van der Waals surface area contributed by atoms with Crippen LogP contribution in [0.25, 0.3) is 0 Å². The molecule has 0 aliphatic carbocycles. The molecular weight excluding hydrogens is 372 g/mol. The number of piperazine rings is 1. The quantitative estimate of drug-likeness (QED) is 0.711. The fourth-order valence-electron chi connectivity index (χ4n) is 4.08. The van der Waals surface area contributed by atoms with Crippen molar-refractivity contribution in [1.29, 1.82) is 0 Å². The van der Waals surface area contributed by atoms with Gasteiger partial charge in [0.25, 0.3) is 0 Å². The zero-order valence-corrected chi connectivity index (χ0v) is 17.7. The Balaban J connectivity index is 1.60. The molecule has 1 aromatic carbocycles. The Hall–Kier alpha value is -1.99. The molecule has 2 aliphatic heterocycles. The number of aryl methyl sites for hydroxylation is 1. The Morgan fingerprint density at radius 1 is 1.00 bits per heavy atom. The predicted octanol–water partition coefficient (Wildman–Crippen LogP) is 3.63. The highest BCUT2D eigenvalue weighted by molar-refractivity contribution is 7.99. The van der Waals surface area contributed by atoms with Crippen molar-refractivity contribution in [3.8, 4) is 11.8 Å². The highest BCUT2D eigenvalue weighted by Gasteiger charge is 2.30. The predicted molar refractivity (Wildman–Crippen MR) is 112 cm³/mol. The smallest absolute Gasteiger partial charge is 0.220 e. The number of nitrogens with zero attached hydrogens (tertiary/aromatic N) is 4.